The van der Waals surface area contributed by atoms with Crippen molar-refractivity contribution >= 4 is 5.91 Å². The number of nitrogens with one attached hydrogen (secondary N) is 1. The van der Waals surface area contributed by atoms with Crippen molar-refractivity contribution in [3.63, 3.8) is 0 Å². The first-order chi connectivity index (χ1) is 14.5. The smallest absolute Gasteiger partial charge is 0.261 e. The third-order valence-electron chi connectivity index (χ3n) is 5.92. The molecule has 0 bridgehead atoms. The minimum absolute atomic E-state index is 0.0681. The van der Waals surface area contributed by atoms with E-state index in [9.17, 15) is 4.79 Å². The Morgan fingerprint density at radius 2 is 1.73 bits per heavy atom. The Labute approximate surface area is 179 Å². The van der Waals surface area contributed by atoms with Crippen molar-refractivity contribution in [2.24, 2.45) is 0 Å². The van der Waals surface area contributed by atoms with Gasteiger partial charge in [-0.05, 0) is 80.0 Å². The summed E-state index contributed by atoms with van der Waals surface area (Å²) in [5.74, 6) is 0.677. The summed E-state index contributed by atoms with van der Waals surface area (Å²) in [5, 5.41) is 3.19. The maximum absolute atomic E-state index is 12.8. The van der Waals surface area contributed by atoms with Crippen molar-refractivity contribution in [1.82, 2.24) is 5.32 Å². The molecule has 1 N–H and O–H groups in total. The van der Waals surface area contributed by atoms with Crippen LogP contribution in [0.1, 0.15) is 48.1 Å². The van der Waals surface area contributed by atoms with Crippen LogP contribution in [-0.4, -0.2) is 12.0 Å². The number of rotatable bonds is 5. The number of amides is 1. The zero-order chi connectivity index (χ0) is 21.1. The molecule has 0 aliphatic heterocycles. The first kappa shape index (κ1) is 20.2. The topological polar surface area (TPSA) is 38.3 Å². The van der Waals surface area contributed by atoms with Crippen LogP contribution in [0.3, 0.4) is 0 Å². The molecule has 3 nitrogen and oxygen atoms in total. The number of carbonyl (C=O) groups excluding carboxylic acids is 1. The lowest BCUT2D eigenvalue weighted by Crippen LogP contribution is -2.39. The fraction of sp³-hybridized carbons (Fsp3) is 0.296. The number of ether oxygens (including phenoxy) is 1. The second-order valence-corrected chi connectivity index (χ2v) is 8.26. The number of benzene rings is 3. The van der Waals surface area contributed by atoms with Gasteiger partial charge >= 0.3 is 0 Å². The molecule has 3 aromatic rings. The van der Waals surface area contributed by atoms with E-state index in [0.717, 1.165) is 36.1 Å². The molecule has 0 fully saturated rings. The lowest BCUT2D eigenvalue weighted by atomic mass is 9.87. The van der Waals surface area contributed by atoms with E-state index in [4.69, 9.17) is 4.74 Å². The van der Waals surface area contributed by atoms with Crippen LogP contribution in [0.5, 0.6) is 5.75 Å². The minimum atomic E-state index is -0.553. The van der Waals surface area contributed by atoms with Gasteiger partial charge in [0.2, 0.25) is 0 Å². The molecule has 1 aliphatic carbocycles. The fourth-order valence-corrected chi connectivity index (χ4v) is 4.14. The molecule has 1 amide bonds. The van der Waals surface area contributed by atoms with E-state index in [0.29, 0.717) is 0 Å². The molecule has 3 aromatic carbocycles. The van der Waals surface area contributed by atoms with E-state index in [1.54, 1.807) is 0 Å². The largest absolute Gasteiger partial charge is 0.481 e. The number of fused-ring (bicyclic) bond motifs is 1. The van der Waals surface area contributed by atoms with Gasteiger partial charge in [0.15, 0.2) is 6.10 Å². The van der Waals surface area contributed by atoms with Crippen molar-refractivity contribution in [3.8, 4) is 16.9 Å². The molecule has 0 unspecified atom stereocenters. The highest BCUT2D eigenvalue weighted by Crippen LogP contribution is 2.30. The van der Waals surface area contributed by atoms with Crippen LogP contribution in [0.25, 0.3) is 11.1 Å². The van der Waals surface area contributed by atoms with Gasteiger partial charge in [-0.2, -0.15) is 0 Å². The molecular weight excluding hydrogens is 370 g/mol. The lowest BCUT2D eigenvalue weighted by Gasteiger charge is -2.27. The first-order valence-electron chi connectivity index (χ1n) is 10.7. The zero-order valence-corrected chi connectivity index (χ0v) is 17.9. The second-order valence-electron chi connectivity index (χ2n) is 8.26. The Morgan fingerprint density at radius 3 is 2.50 bits per heavy atom. The number of hydrogen-bond donors (Lipinski definition) is 1. The predicted octanol–water partition coefficient (Wildman–Crippen LogP) is 5.93. The molecule has 2 atom stereocenters. The van der Waals surface area contributed by atoms with Crippen molar-refractivity contribution in [1.29, 1.82) is 0 Å². The highest BCUT2D eigenvalue weighted by atomic mass is 16.5. The van der Waals surface area contributed by atoms with Gasteiger partial charge in [-0.1, -0.05) is 60.2 Å². The van der Waals surface area contributed by atoms with Crippen LogP contribution in [0.4, 0.5) is 0 Å². The van der Waals surface area contributed by atoms with Crippen LogP contribution in [0.2, 0.25) is 0 Å². The summed E-state index contributed by atoms with van der Waals surface area (Å²) in [5.41, 5.74) is 7.17. The third kappa shape index (κ3) is 4.40. The Balaban J connectivity index is 1.43. The summed E-state index contributed by atoms with van der Waals surface area (Å²) in [6.07, 6.45) is 2.60. The normalized spacial score (nSPS) is 16.4. The standard InChI is InChI=1S/C27H29NO2/c1-18-11-13-21(14-12-18)23-15-16-26(19(2)17-23)30-20(3)27(29)28-25-10-6-8-22-7-4-5-9-24(22)25/h4-5,7,9,11-17,20,25H,6,8,10H2,1-3H3,(H,28,29)/t20-,25-/m1/s1. The lowest BCUT2D eigenvalue weighted by molar-refractivity contribution is -0.128. The molecule has 30 heavy (non-hydrogen) atoms. The molecule has 0 spiro atoms. The van der Waals surface area contributed by atoms with Crippen molar-refractivity contribution in [2.45, 2.75) is 52.2 Å². The summed E-state index contributed by atoms with van der Waals surface area (Å²) in [6.45, 7) is 5.93. The van der Waals surface area contributed by atoms with E-state index in [1.165, 1.54) is 22.3 Å². The SMILES string of the molecule is Cc1ccc(-c2ccc(O[C@H](C)C(=O)N[C@@H]3CCCc4ccccc43)c(C)c2)cc1. The molecule has 1 aliphatic rings. The van der Waals surface area contributed by atoms with E-state index in [-0.39, 0.29) is 11.9 Å². The van der Waals surface area contributed by atoms with Gasteiger partial charge in [0.25, 0.3) is 5.91 Å². The molecule has 0 aromatic heterocycles. The van der Waals surface area contributed by atoms with Crippen LogP contribution in [0.15, 0.2) is 66.7 Å². The maximum atomic E-state index is 12.8. The monoisotopic (exact) mass is 399 g/mol. The van der Waals surface area contributed by atoms with E-state index in [1.807, 2.05) is 26.0 Å². The predicted molar refractivity (Wildman–Crippen MR) is 122 cm³/mol. The van der Waals surface area contributed by atoms with Gasteiger partial charge in [-0.25, -0.2) is 0 Å². The first-order valence-corrected chi connectivity index (χ1v) is 10.7. The van der Waals surface area contributed by atoms with Crippen molar-refractivity contribution in [3.05, 3.63) is 89.0 Å². The average Bonchev–Trinajstić information content (AvgIpc) is 2.76. The Hall–Kier alpha value is -3.07. The van der Waals surface area contributed by atoms with E-state index in [2.05, 4.69) is 66.8 Å². The summed E-state index contributed by atoms with van der Waals surface area (Å²) < 4.78 is 6.03. The van der Waals surface area contributed by atoms with Gasteiger partial charge in [0.05, 0.1) is 6.04 Å². The van der Waals surface area contributed by atoms with E-state index >= 15 is 0 Å². The Bertz CT molecular complexity index is 1040. The molecule has 154 valence electrons. The second kappa shape index (κ2) is 8.74. The van der Waals surface area contributed by atoms with Crippen LogP contribution in [-0.2, 0) is 11.2 Å². The molecule has 0 radical (unpaired) electrons. The highest BCUT2D eigenvalue weighted by Gasteiger charge is 2.24. The molecule has 0 heterocycles. The van der Waals surface area contributed by atoms with Crippen LogP contribution in [0, 0.1) is 13.8 Å². The quantitative estimate of drug-likeness (QED) is 0.577. The van der Waals surface area contributed by atoms with Gasteiger partial charge in [-0.15, -0.1) is 0 Å². The third-order valence-corrected chi connectivity index (χ3v) is 5.92. The van der Waals surface area contributed by atoms with Crippen LogP contribution < -0.4 is 10.1 Å². The fourth-order valence-electron chi connectivity index (χ4n) is 4.14. The minimum Gasteiger partial charge on any atom is -0.481 e. The molecule has 0 saturated carbocycles. The number of hydrogen-bond acceptors (Lipinski definition) is 2. The van der Waals surface area contributed by atoms with Crippen LogP contribution >= 0.6 is 0 Å². The molecular formula is C27H29NO2. The average molecular weight is 400 g/mol. The Kier molecular flexibility index (Phi) is 5.89. The summed E-state index contributed by atoms with van der Waals surface area (Å²) in [4.78, 5) is 12.8. The van der Waals surface area contributed by atoms with Crippen molar-refractivity contribution < 1.29 is 9.53 Å². The number of aryl methyl sites for hydroxylation is 3. The number of carbonyl (C=O) groups is 1. The van der Waals surface area contributed by atoms with Gasteiger partial charge < -0.3 is 10.1 Å². The summed E-state index contributed by atoms with van der Waals surface area (Å²) in [7, 11) is 0. The highest BCUT2D eigenvalue weighted by molar-refractivity contribution is 5.81. The summed E-state index contributed by atoms with van der Waals surface area (Å²) in [6, 6.07) is 23.1. The van der Waals surface area contributed by atoms with E-state index < -0.39 is 6.10 Å². The maximum Gasteiger partial charge on any atom is 0.261 e. The van der Waals surface area contributed by atoms with Gasteiger partial charge in [0, 0.05) is 0 Å². The van der Waals surface area contributed by atoms with Gasteiger partial charge in [0.1, 0.15) is 5.75 Å². The molecule has 3 heteroatoms. The molecule has 0 saturated heterocycles. The molecule has 4 rings (SSSR count). The van der Waals surface area contributed by atoms with Crippen molar-refractivity contribution in [2.75, 3.05) is 0 Å². The zero-order valence-electron chi connectivity index (χ0n) is 17.9. The Morgan fingerprint density at radius 1 is 1.00 bits per heavy atom. The van der Waals surface area contributed by atoms with Gasteiger partial charge in [-0.3, -0.25) is 4.79 Å². The summed E-state index contributed by atoms with van der Waals surface area (Å²) >= 11 is 0.